The van der Waals surface area contributed by atoms with E-state index in [1.807, 2.05) is 31.2 Å². The second kappa shape index (κ2) is 8.12. The average molecular weight is 353 g/mol. The predicted molar refractivity (Wildman–Crippen MR) is 98.1 cm³/mol. The molecule has 1 atom stereocenters. The summed E-state index contributed by atoms with van der Waals surface area (Å²) in [4.78, 5) is 14.4. The minimum Gasteiger partial charge on any atom is -0.326 e. The first kappa shape index (κ1) is 18.9. The predicted octanol–water partition coefficient (Wildman–Crippen LogP) is 2.65. The summed E-state index contributed by atoms with van der Waals surface area (Å²) in [6, 6.07) is 7.90. The van der Waals surface area contributed by atoms with Crippen LogP contribution < -0.4 is 5.32 Å². The number of benzene rings is 1. The molecule has 1 fully saturated rings. The van der Waals surface area contributed by atoms with Gasteiger partial charge in [0.15, 0.2) is 9.84 Å². The molecule has 5 nitrogen and oxygen atoms in total. The number of nitrogens with zero attached hydrogens (tertiary/aromatic N) is 1. The van der Waals surface area contributed by atoms with Gasteiger partial charge in [-0.3, -0.25) is 9.69 Å². The standard InChI is InChI=1S/C18H28N2O3S/c1-4-20(15-10-12-24(22,23)13-15)11-9-18(21)19-17-8-6-5-7-16(17)14(2)3/h5-8,14-15H,4,9-13H2,1-3H3,(H,19,21). The quantitative estimate of drug-likeness (QED) is 0.819. The topological polar surface area (TPSA) is 66.5 Å². The molecular weight excluding hydrogens is 324 g/mol. The monoisotopic (exact) mass is 352 g/mol. The van der Waals surface area contributed by atoms with Gasteiger partial charge in [0, 0.05) is 24.7 Å². The van der Waals surface area contributed by atoms with Crippen molar-refractivity contribution in [3.05, 3.63) is 29.8 Å². The van der Waals surface area contributed by atoms with Gasteiger partial charge in [-0.15, -0.1) is 0 Å². The molecular formula is C18H28N2O3S. The molecule has 0 aromatic heterocycles. The smallest absolute Gasteiger partial charge is 0.225 e. The second-order valence-electron chi connectivity index (χ2n) is 6.73. The van der Waals surface area contributed by atoms with Gasteiger partial charge in [0.2, 0.25) is 5.91 Å². The molecule has 2 rings (SSSR count). The van der Waals surface area contributed by atoms with Crippen LogP contribution in [0.3, 0.4) is 0 Å². The Labute approximate surface area is 145 Å². The van der Waals surface area contributed by atoms with Gasteiger partial charge in [-0.2, -0.15) is 0 Å². The van der Waals surface area contributed by atoms with Crippen LogP contribution in [-0.2, 0) is 14.6 Å². The van der Waals surface area contributed by atoms with Crippen molar-refractivity contribution in [1.29, 1.82) is 0 Å². The first-order valence-corrected chi connectivity index (χ1v) is 10.5. The number of hydrogen-bond acceptors (Lipinski definition) is 4. The van der Waals surface area contributed by atoms with E-state index in [0.29, 0.717) is 25.3 Å². The first-order valence-electron chi connectivity index (χ1n) is 8.65. The molecule has 1 unspecified atom stereocenters. The zero-order valence-electron chi connectivity index (χ0n) is 14.8. The zero-order chi connectivity index (χ0) is 17.7. The second-order valence-corrected chi connectivity index (χ2v) is 8.95. The van der Waals surface area contributed by atoms with Gasteiger partial charge in [-0.1, -0.05) is 39.0 Å². The molecule has 0 saturated carbocycles. The minimum absolute atomic E-state index is 0.0256. The lowest BCUT2D eigenvalue weighted by molar-refractivity contribution is -0.116. The molecule has 0 bridgehead atoms. The highest BCUT2D eigenvalue weighted by atomic mass is 32.2. The number of anilines is 1. The van der Waals surface area contributed by atoms with Crippen LogP contribution in [0.15, 0.2) is 24.3 Å². The van der Waals surface area contributed by atoms with E-state index < -0.39 is 9.84 Å². The fourth-order valence-corrected chi connectivity index (χ4v) is 5.00. The Balaban J connectivity index is 1.91. The number of para-hydroxylation sites is 1. The van der Waals surface area contributed by atoms with Crippen molar-refractivity contribution in [2.24, 2.45) is 0 Å². The fourth-order valence-electron chi connectivity index (χ4n) is 3.23. The fraction of sp³-hybridized carbons (Fsp3) is 0.611. The van der Waals surface area contributed by atoms with Crippen LogP contribution in [0, 0.1) is 0 Å². The maximum atomic E-state index is 12.3. The Morgan fingerprint density at radius 3 is 2.62 bits per heavy atom. The van der Waals surface area contributed by atoms with E-state index in [4.69, 9.17) is 0 Å². The maximum Gasteiger partial charge on any atom is 0.225 e. The molecule has 134 valence electrons. The molecule has 1 heterocycles. The van der Waals surface area contributed by atoms with Crippen LogP contribution in [0.1, 0.15) is 45.1 Å². The SMILES string of the molecule is CCN(CCC(=O)Nc1ccccc1C(C)C)C1CCS(=O)(=O)C1. The summed E-state index contributed by atoms with van der Waals surface area (Å²) in [5.74, 6) is 0.806. The molecule has 1 amide bonds. The first-order chi connectivity index (χ1) is 11.3. The van der Waals surface area contributed by atoms with E-state index >= 15 is 0 Å². The van der Waals surface area contributed by atoms with Gasteiger partial charge in [-0.05, 0) is 30.5 Å². The molecule has 0 spiro atoms. The number of nitrogens with one attached hydrogen (secondary N) is 1. The van der Waals surface area contributed by atoms with Crippen molar-refractivity contribution in [3.63, 3.8) is 0 Å². The number of amides is 1. The van der Waals surface area contributed by atoms with Gasteiger partial charge in [-0.25, -0.2) is 8.42 Å². The highest BCUT2D eigenvalue weighted by molar-refractivity contribution is 7.91. The number of hydrogen-bond donors (Lipinski definition) is 1. The third-order valence-electron chi connectivity index (χ3n) is 4.61. The molecule has 6 heteroatoms. The molecule has 1 aromatic carbocycles. The van der Waals surface area contributed by atoms with Crippen molar-refractivity contribution >= 4 is 21.4 Å². The molecule has 24 heavy (non-hydrogen) atoms. The summed E-state index contributed by atoms with van der Waals surface area (Å²) < 4.78 is 23.3. The molecule has 1 N–H and O–H groups in total. The normalized spacial score (nSPS) is 19.8. The van der Waals surface area contributed by atoms with Gasteiger partial charge >= 0.3 is 0 Å². The van der Waals surface area contributed by atoms with Crippen LogP contribution in [-0.4, -0.2) is 49.9 Å². The van der Waals surface area contributed by atoms with E-state index in [1.54, 1.807) is 0 Å². The third-order valence-corrected chi connectivity index (χ3v) is 6.36. The van der Waals surface area contributed by atoms with Crippen molar-refractivity contribution < 1.29 is 13.2 Å². The molecule has 0 radical (unpaired) electrons. The minimum atomic E-state index is -2.90. The van der Waals surface area contributed by atoms with Crippen molar-refractivity contribution in [2.75, 3.05) is 29.9 Å². The van der Waals surface area contributed by atoms with Crippen LogP contribution in [0.25, 0.3) is 0 Å². The van der Waals surface area contributed by atoms with Crippen LogP contribution in [0.4, 0.5) is 5.69 Å². The van der Waals surface area contributed by atoms with E-state index in [0.717, 1.165) is 17.8 Å². The average Bonchev–Trinajstić information content (AvgIpc) is 2.88. The maximum absolute atomic E-state index is 12.3. The van der Waals surface area contributed by atoms with Gasteiger partial charge in [0.05, 0.1) is 11.5 Å². The summed E-state index contributed by atoms with van der Waals surface area (Å²) in [6.45, 7) is 7.56. The van der Waals surface area contributed by atoms with Crippen LogP contribution in [0.2, 0.25) is 0 Å². The number of rotatable bonds is 7. The molecule has 1 saturated heterocycles. The molecule has 1 aliphatic rings. The zero-order valence-corrected chi connectivity index (χ0v) is 15.6. The Morgan fingerprint density at radius 1 is 1.33 bits per heavy atom. The summed E-state index contributed by atoms with van der Waals surface area (Å²) in [6.07, 6.45) is 1.05. The van der Waals surface area contributed by atoms with E-state index in [1.165, 1.54) is 0 Å². The lowest BCUT2D eigenvalue weighted by Gasteiger charge is -2.26. The lowest BCUT2D eigenvalue weighted by Crippen LogP contribution is -2.38. The number of carbonyl (C=O) groups excluding carboxylic acids is 1. The highest BCUT2D eigenvalue weighted by Crippen LogP contribution is 2.24. The largest absolute Gasteiger partial charge is 0.326 e. The Morgan fingerprint density at radius 2 is 2.04 bits per heavy atom. The van der Waals surface area contributed by atoms with E-state index in [2.05, 4.69) is 24.1 Å². The summed E-state index contributed by atoms with van der Waals surface area (Å²) in [7, 11) is -2.90. The number of sulfone groups is 1. The van der Waals surface area contributed by atoms with Crippen LogP contribution in [0.5, 0.6) is 0 Å². The third kappa shape index (κ3) is 5.05. The molecule has 0 aliphatic carbocycles. The number of carbonyl (C=O) groups is 1. The summed E-state index contributed by atoms with van der Waals surface area (Å²) in [5.41, 5.74) is 1.99. The van der Waals surface area contributed by atoms with Gasteiger partial charge in [0.25, 0.3) is 0 Å². The van der Waals surface area contributed by atoms with Crippen molar-refractivity contribution in [1.82, 2.24) is 4.90 Å². The highest BCUT2D eigenvalue weighted by Gasteiger charge is 2.31. The molecule has 1 aromatic rings. The van der Waals surface area contributed by atoms with E-state index in [9.17, 15) is 13.2 Å². The van der Waals surface area contributed by atoms with Gasteiger partial charge in [0.1, 0.15) is 0 Å². The van der Waals surface area contributed by atoms with Crippen LogP contribution >= 0.6 is 0 Å². The lowest BCUT2D eigenvalue weighted by atomic mass is 10.0. The van der Waals surface area contributed by atoms with E-state index in [-0.39, 0.29) is 23.5 Å². The Bertz CT molecular complexity index is 671. The molecule has 1 aliphatic heterocycles. The Kier molecular flexibility index (Phi) is 6.40. The summed E-state index contributed by atoms with van der Waals surface area (Å²) >= 11 is 0. The Hall–Kier alpha value is -1.40. The summed E-state index contributed by atoms with van der Waals surface area (Å²) in [5, 5.41) is 2.99. The van der Waals surface area contributed by atoms with Crippen molar-refractivity contribution in [3.8, 4) is 0 Å². The van der Waals surface area contributed by atoms with Gasteiger partial charge < -0.3 is 5.32 Å². The van der Waals surface area contributed by atoms with Crippen molar-refractivity contribution in [2.45, 2.75) is 45.6 Å².